The summed E-state index contributed by atoms with van der Waals surface area (Å²) in [4.78, 5) is 15.6. The summed E-state index contributed by atoms with van der Waals surface area (Å²) in [5.74, 6) is 0.544. The Bertz CT molecular complexity index is 316. The van der Waals surface area contributed by atoms with Crippen molar-refractivity contribution < 1.29 is 4.79 Å². The maximum Gasteiger partial charge on any atom is 0.230 e. The first-order valence-electron chi connectivity index (χ1n) is 6.13. The number of pyridine rings is 1. The first-order chi connectivity index (χ1) is 8.33. The molecule has 1 rings (SSSR count). The molecule has 4 heteroatoms. The Labute approximate surface area is 107 Å². The van der Waals surface area contributed by atoms with Crippen molar-refractivity contribution in [1.29, 1.82) is 0 Å². The van der Waals surface area contributed by atoms with Crippen LogP contribution < -0.4 is 5.32 Å². The molecule has 1 aromatic heterocycles. The SMILES string of the molecule is CCCCCCNC(=O)CSc1ccccn1. The average Bonchev–Trinajstić information content (AvgIpc) is 2.37. The quantitative estimate of drug-likeness (QED) is 0.571. The number of rotatable bonds is 8. The fourth-order valence-electron chi connectivity index (χ4n) is 1.40. The van der Waals surface area contributed by atoms with Gasteiger partial charge in [0.05, 0.1) is 10.8 Å². The van der Waals surface area contributed by atoms with Crippen molar-refractivity contribution in [1.82, 2.24) is 10.3 Å². The van der Waals surface area contributed by atoms with Crippen LogP contribution in [0.15, 0.2) is 29.4 Å². The van der Waals surface area contributed by atoms with Crippen LogP contribution in [0.4, 0.5) is 0 Å². The Balaban J connectivity index is 2.05. The van der Waals surface area contributed by atoms with E-state index in [-0.39, 0.29) is 5.91 Å². The second-order valence-electron chi connectivity index (χ2n) is 3.87. The molecule has 0 aliphatic heterocycles. The Morgan fingerprint density at radius 3 is 2.94 bits per heavy atom. The van der Waals surface area contributed by atoms with Gasteiger partial charge in [-0.15, -0.1) is 0 Å². The topological polar surface area (TPSA) is 42.0 Å². The molecule has 0 saturated carbocycles. The number of carbonyl (C=O) groups excluding carboxylic acids is 1. The van der Waals surface area contributed by atoms with Crippen LogP contribution >= 0.6 is 11.8 Å². The summed E-state index contributed by atoms with van der Waals surface area (Å²) < 4.78 is 0. The minimum atomic E-state index is 0.0946. The van der Waals surface area contributed by atoms with Crippen LogP contribution in [0.2, 0.25) is 0 Å². The van der Waals surface area contributed by atoms with Gasteiger partial charge < -0.3 is 5.32 Å². The molecule has 0 spiro atoms. The van der Waals surface area contributed by atoms with Gasteiger partial charge in [0.1, 0.15) is 0 Å². The van der Waals surface area contributed by atoms with E-state index in [1.54, 1.807) is 6.20 Å². The van der Waals surface area contributed by atoms with E-state index >= 15 is 0 Å². The van der Waals surface area contributed by atoms with Crippen LogP contribution in [0.25, 0.3) is 0 Å². The lowest BCUT2D eigenvalue weighted by atomic mass is 10.2. The van der Waals surface area contributed by atoms with E-state index < -0.39 is 0 Å². The number of nitrogens with one attached hydrogen (secondary N) is 1. The molecule has 0 aliphatic rings. The van der Waals surface area contributed by atoms with Gasteiger partial charge in [0.25, 0.3) is 0 Å². The summed E-state index contributed by atoms with van der Waals surface area (Å²) in [7, 11) is 0. The lowest BCUT2D eigenvalue weighted by Crippen LogP contribution is -2.26. The van der Waals surface area contributed by atoms with Gasteiger partial charge in [0.15, 0.2) is 0 Å². The summed E-state index contributed by atoms with van der Waals surface area (Å²) in [6.45, 7) is 2.98. The summed E-state index contributed by atoms with van der Waals surface area (Å²) >= 11 is 1.47. The highest BCUT2D eigenvalue weighted by Crippen LogP contribution is 2.12. The number of nitrogens with zero attached hydrogens (tertiary/aromatic N) is 1. The Morgan fingerprint density at radius 2 is 2.24 bits per heavy atom. The van der Waals surface area contributed by atoms with Crippen LogP contribution in [0.1, 0.15) is 32.6 Å². The van der Waals surface area contributed by atoms with Crippen molar-refractivity contribution in [2.45, 2.75) is 37.6 Å². The Morgan fingerprint density at radius 1 is 1.35 bits per heavy atom. The molecule has 1 heterocycles. The molecule has 1 N–H and O–H groups in total. The standard InChI is InChI=1S/C13H20N2OS/c1-2-3-4-6-9-14-12(16)11-17-13-8-5-7-10-15-13/h5,7-8,10H,2-4,6,9,11H2,1H3,(H,14,16). The minimum absolute atomic E-state index is 0.0946. The molecule has 0 unspecified atom stereocenters. The summed E-state index contributed by atoms with van der Waals surface area (Å²) in [6, 6.07) is 5.72. The van der Waals surface area contributed by atoms with E-state index in [4.69, 9.17) is 0 Å². The largest absolute Gasteiger partial charge is 0.355 e. The van der Waals surface area contributed by atoms with E-state index in [0.29, 0.717) is 5.75 Å². The molecule has 0 aromatic carbocycles. The highest BCUT2D eigenvalue weighted by molar-refractivity contribution is 7.99. The van der Waals surface area contributed by atoms with Crippen molar-refractivity contribution in [2.75, 3.05) is 12.3 Å². The van der Waals surface area contributed by atoms with Gasteiger partial charge in [-0.05, 0) is 18.6 Å². The summed E-state index contributed by atoms with van der Waals surface area (Å²) in [5.41, 5.74) is 0. The zero-order chi connectivity index (χ0) is 12.3. The first-order valence-corrected chi connectivity index (χ1v) is 7.12. The number of aromatic nitrogens is 1. The Hall–Kier alpha value is -1.03. The Kier molecular flexibility index (Phi) is 7.47. The minimum Gasteiger partial charge on any atom is -0.355 e. The van der Waals surface area contributed by atoms with Crippen LogP contribution in [0, 0.1) is 0 Å². The van der Waals surface area contributed by atoms with Gasteiger partial charge in [-0.25, -0.2) is 4.98 Å². The third-order valence-corrected chi connectivity index (χ3v) is 3.29. The summed E-state index contributed by atoms with van der Waals surface area (Å²) in [5, 5.41) is 3.82. The maximum atomic E-state index is 11.5. The van der Waals surface area contributed by atoms with Gasteiger partial charge in [-0.3, -0.25) is 4.79 Å². The number of carbonyl (C=O) groups is 1. The molecule has 1 amide bonds. The molecule has 0 fully saturated rings. The molecule has 1 aromatic rings. The van der Waals surface area contributed by atoms with Crippen LogP contribution in [-0.4, -0.2) is 23.2 Å². The zero-order valence-corrected chi connectivity index (χ0v) is 11.1. The molecule has 0 radical (unpaired) electrons. The monoisotopic (exact) mass is 252 g/mol. The predicted octanol–water partition coefficient (Wildman–Crippen LogP) is 2.87. The van der Waals surface area contributed by atoms with Gasteiger partial charge in [0, 0.05) is 12.7 Å². The molecule has 17 heavy (non-hydrogen) atoms. The molecule has 0 aliphatic carbocycles. The van der Waals surface area contributed by atoms with E-state index in [2.05, 4.69) is 17.2 Å². The lowest BCUT2D eigenvalue weighted by Gasteiger charge is -2.04. The lowest BCUT2D eigenvalue weighted by molar-refractivity contribution is -0.118. The number of thioether (sulfide) groups is 1. The fourth-order valence-corrected chi connectivity index (χ4v) is 2.09. The van der Waals surface area contributed by atoms with Crippen molar-refractivity contribution in [3.63, 3.8) is 0 Å². The maximum absolute atomic E-state index is 11.5. The third-order valence-electron chi connectivity index (χ3n) is 2.34. The number of amides is 1. The molecule has 3 nitrogen and oxygen atoms in total. The number of unbranched alkanes of at least 4 members (excludes halogenated alkanes) is 3. The number of hydrogen-bond donors (Lipinski definition) is 1. The molecular weight excluding hydrogens is 232 g/mol. The van der Waals surface area contributed by atoms with Crippen LogP contribution in [-0.2, 0) is 4.79 Å². The molecular formula is C13H20N2OS. The second-order valence-corrected chi connectivity index (χ2v) is 4.86. The molecule has 94 valence electrons. The van der Waals surface area contributed by atoms with Crippen molar-refractivity contribution in [2.24, 2.45) is 0 Å². The van der Waals surface area contributed by atoms with Gasteiger partial charge >= 0.3 is 0 Å². The van der Waals surface area contributed by atoms with Crippen molar-refractivity contribution in [3.05, 3.63) is 24.4 Å². The fraction of sp³-hybridized carbons (Fsp3) is 0.538. The molecule has 0 saturated heterocycles. The van der Waals surface area contributed by atoms with Crippen molar-refractivity contribution >= 4 is 17.7 Å². The molecule has 0 atom stereocenters. The van der Waals surface area contributed by atoms with Crippen molar-refractivity contribution in [3.8, 4) is 0 Å². The van der Waals surface area contributed by atoms with E-state index in [0.717, 1.165) is 18.0 Å². The van der Waals surface area contributed by atoms with E-state index in [9.17, 15) is 4.79 Å². The van der Waals surface area contributed by atoms with Crippen LogP contribution in [0.3, 0.4) is 0 Å². The average molecular weight is 252 g/mol. The van der Waals surface area contributed by atoms with Gasteiger partial charge in [-0.1, -0.05) is 44.0 Å². The third kappa shape index (κ3) is 7.00. The summed E-state index contributed by atoms with van der Waals surface area (Å²) in [6.07, 6.45) is 6.49. The predicted molar refractivity (Wildman–Crippen MR) is 72.1 cm³/mol. The van der Waals surface area contributed by atoms with Gasteiger partial charge in [-0.2, -0.15) is 0 Å². The highest BCUT2D eigenvalue weighted by atomic mass is 32.2. The smallest absolute Gasteiger partial charge is 0.230 e. The normalized spacial score (nSPS) is 10.2. The first kappa shape index (κ1) is 14.0. The van der Waals surface area contributed by atoms with Crippen LogP contribution in [0.5, 0.6) is 0 Å². The van der Waals surface area contributed by atoms with Gasteiger partial charge in [0.2, 0.25) is 5.91 Å². The second kappa shape index (κ2) is 9.05. The highest BCUT2D eigenvalue weighted by Gasteiger charge is 2.02. The molecule has 0 bridgehead atoms. The zero-order valence-electron chi connectivity index (χ0n) is 10.3. The number of hydrogen-bond acceptors (Lipinski definition) is 3. The van der Waals surface area contributed by atoms with E-state index in [1.807, 2.05) is 18.2 Å². The van der Waals surface area contributed by atoms with E-state index in [1.165, 1.54) is 31.0 Å².